The van der Waals surface area contributed by atoms with Gasteiger partial charge in [0.2, 0.25) is 11.8 Å². The van der Waals surface area contributed by atoms with Crippen molar-refractivity contribution in [1.29, 1.82) is 0 Å². The number of carbonyl (C=O) groups is 2. The van der Waals surface area contributed by atoms with Gasteiger partial charge in [0.25, 0.3) is 10.0 Å². The average molecular weight is 648 g/mol. The first kappa shape index (κ1) is 33.6. The molecule has 0 aromatic heterocycles. The fourth-order valence-corrected chi connectivity index (χ4v) is 6.32. The number of nitrogens with one attached hydrogen (secondary N) is 1. The topological polar surface area (TPSA) is 96.0 Å². The highest BCUT2D eigenvalue weighted by Gasteiger charge is 2.34. The van der Waals surface area contributed by atoms with Crippen LogP contribution in [0, 0.1) is 5.92 Å². The van der Waals surface area contributed by atoms with Crippen molar-refractivity contribution in [2.75, 3.05) is 24.5 Å². The van der Waals surface area contributed by atoms with Gasteiger partial charge in [0.1, 0.15) is 18.3 Å². The third kappa shape index (κ3) is 9.09. The Bertz CT molecular complexity index is 1650. The number of hydrogen-bond acceptors (Lipinski definition) is 5. The number of nitrogens with zero attached hydrogens (tertiary/aromatic N) is 2. The van der Waals surface area contributed by atoms with Crippen LogP contribution in [0.5, 0.6) is 5.75 Å². The molecule has 4 aromatic carbocycles. The zero-order valence-electron chi connectivity index (χ0n) is 25.6. The normalized spacial score (nSPS) is 11.9. The van der Waals surface area contributed by atoms with Crippen LogP contribution in [0.15, 0.2) is 114 Å². The first-order chi connectivity index (χ1) is 21.6. The lowest BCUT2D eigenvalue weighted by Gasteiger charge is -2.34. The fourth-order valence-electron chi connectivity index (χ4n) is 4.76. The summed E-state index contributed by atoms with van der Waals surface area (Å²) in [4.78, 5) is 29.8. The Kier molecular flexibility index (Phi) is 11.6. The van der Waals surface area contributed by atoms with Gasteiger partial charge in [0.15, 0.2) is 0 Å². The second-order valence-corrected chi connectivity index (χ2v) is 13.3. The summed E-state index contributed by atoms with van der Waals surface area (Å²) in [5.74, 6) is -0.137. The molecular weight excluding hydrogens is 610 g/mol. The Morgan fingerprint density at radius 2 is 1.42 bits per heavy atom. The molecule has 236 valence electrons. The standard InChI is InChI=1S/C35H38ClN3O5S/c1-26(2)23-37-35(41)33(22-27-10-6-4-7-11-27)38(24-28-14-16-29(36)17-15-28)34(40)25-39(30-18-20-31(44-3)21-19-30)45(42,43)32-12-8-5-9-13-32/h4-21,26,33H,22-25H2,1-3H3,(H,37,41)/t33-/m1/s1. The first-order valence-electron chi connectivity index (χ1n) is 14.7. The number of carbonyl (C=O) groups excluding carboxylic acids is 2. The molecule has 8 nitrogen and oxygen atoms in total. The molecule has 0 heterocycles. The average Bonchev–Trinajstić information content (AvgIpc) is 3.05. The minimum absolute atomic E-state index is 0.0355. The highest BCUT2D eigenvalue weighted by Crippen LogP contribution is 2.27. The number of rotatable bonds is 14. The molecule has 0 aliphatic carbocycles. The van der Waals surface area contributed by atoms with Crippen LogP contribution >= 0.6 is 11.6 Å². The van der Waals surface area contributed by atoms with E-state index in [4.69, 9.17) is 16.3 Å². The molecule has 0 radical (unpaired) electrons. The highest BCUT2D eigenvalue weighted by molar-refractivity contribution is 7.92. The quantitative estimate of drug-likeness (QED) is 0.182. The van der Waals surface area contributed by atoms with Crippen molar-refractivity contribution in [2.45, 2.75) is 37.8 Å². The van der Waals surface area contributed by atoms with Crippen LogP contribution in [-0.4, -0.2) is 51.4 Å². The lowest BCUT2D eigenvalue weighted by atomic mass is 10.0. The zero-order chi connectivity index (χ0) is 32.4. The third-order valence-electron chi connectivity index (χ3n) is 7.19. The molecule has 0 fully saturated rings. The molecule has 0 bridgehead atoms. The van der Waals surface area contributed by atoms with Crippen molar-refractivity contribution >= 4 is 39.1 Å². The molecule has 1 atom stereocenters. The smallest absolute Gasteiger partial charge is 0.264 e. The summed E-state index contributed by atoms with van der Waals surface area (Å²) in [6, 6.07) is 29.9. The minimum Gasteiger partial charge on any atom is -0.497 e. The molecule has 1 N–H and O–H groups in total. The molecule has 0 spiro atoms. The van der Waals surface area contributed by atoms with Crippen LogP contribution in [0.1, 0.15) is 25.0 Å². The lowest BCUT2D eigenvalue weighted by molar-refractivity contribution is -0.140. The Hall–Kier alpha value is -4.34. The maximum atomic E-state index is 14.5. The van der Waals surface area contributed by atoms with Crippen LogP contribution in [-0.2, 0) is 32.6 Å². The van der Waals surface area contributed by atoms with E-state index in [9.17, 15) is 18.0 Å². The zero-order valence-corrected chi connectivity index (χ0v) is 27.2. The number of halogens is 1. The summed E-state index contributed by atoms with van der Waals surface area (Å²) in [6.45, 7) is 3.92. The van der Waals surface area contributed by atoms with Crippen molar-refractivity contribution < 1.29 is 22.7 Å². The number of hydrogen-bond donors (Lipinski definition) is 1. The highest BCUT2D eigenvalue weighted by atomic mass is 35.5. The molecule has 0 unspecified atom stereocenters. The number of ether oxygens (including phenoxy) is 1. The summed E-state index contributed by atoms with van der Waals surface area (Å²) in [6.07, 6.45) is 0.234. The van der Waals surface area contributed by atoms with Crippen LogP contribution in [0.2, 0.25) is 5.02 Å². The van der Waals surface area contributed by atoms with Crippen molar-refractivity contribution in [3.05, 3.63) is 125 Å². The molecule has 45 heavy (non-hydrogen) atoms. The fraction of sp³-hybridized carbons (Fsp3) is 0.257. The Balaban J connectivity index is 1.78. The summed E-state index contributed by atoms with van der Waals surface area (Å²) in [5.41, 5.74) is 1.88. The predicted molar refractivity (Wildman–Crippen MR) is 178 cm³/mol. The van der Waals surface area contributed by atoms with Crippen molar-refractivity contribution in [2.24, 2.45) is 5.92 Å². The Labute approximate surface area is 270 Å². The van der Waals surface area contributed by atoms with Gasteiger partial charge in [-0.05, 0) is 65.6 Å². The number of benzene rings is 4. The van der Waals surface area contributed by atoms with Gasteiger partial charge in [0.05, 0.1) is 17.7 Å². The molecule has 4 rings (SSSR count). The molecule has 0 saturated heterocycles. The van der Waals surface area contributed by atoms with Gasteiger partial charge in [-0.2, -0.15) is 0 Å². The van der Waals surface area contributed by atoms with Gasteiger partial charge < -0.3 is 15.0 Å². The third-order valence-corrected chi connectivity index (χ3v) is 9.23. The van der Waals surface area contributed by atoms with Gasteiger partial charge in [-0.1, -0.05) is 86.1 Å². The van der Waals surface area contributed by atoms with Gasteiger partial charge in [0, 0.05) is 24.5 Å². The van der Waals surface area contributed by atoms with Crippen LogP contribution < -0.4 is 14.4 Å². The summed E-state index contributed by atoms with van der Waals surface area (Å²) in [5, 5.41) is 3.52. The SMILES string of the molecule is COc1ccc(N(CC(=O)N(Cc2ccc(Cl)cc2)[C@H](Cc2ccccc2)C(=O)NCC(C)C)S(=O)(=O)c2ccccc2)cc1. The van der Waals surface area contributed by atoms with E-state index < -0.39 is 28.5 Å². The molecule has 4 aromatic rings. The summed E-state index contributed by atoms with van der Waals surface area (Å²) in [7, 11) is -2.66. The summed E-state index contributed by atoms with van der Waals surface area (Å²) >= 11 is 6.14. The maximum Gasteiger partial charge on any atom is 0.264 e. The first-order valence-corrected chi connectivity index (χ1v) is 16.5. The Morgan fingerprint density at radius 1 is 0.822 bits per heavy atom. The molecular formula is C35H38ClN3O5S. The van der Waals surface area contributed by atoms with Crippen LogP contribution in [0.3, 0.4) is 0 Å². The Morgan fingerprint density at radius 3 is 2.00 bits per heavy atom. The second-order valence-electron chi connectivity index (χ2n) is 11.0. The van der Waals surface area contributed by atoms with E-state index in [1.807, 2.05) is 44.2 Å². The lowest BCUT2D eigenvalue weighted by Crippen LogP contribution is -2.53. The molecule has 10 heteroatoms. The van der Waals surface area contributed by atoms with Gasteiger partial charge in [-0.25, -0.2) is 8.42 Å². The van der Waals surface area contributed by atoms with E-state index >= 15 is 0 Å². The van der Waals surface area contributed by atoms with Crippen molar-refractivity contribution in [3.63, 3.8) is 0 Å². The van der Waals surface area contributed by atoms with E-state index in [1.54, 1.807) is 66.7 Å². The monoisotopic (exact) mass is 647 g/mol. The van der Waals surface area contributed by atoms with Gasteiger partial charge >= 0.3 is 0 Å². The second kappa shape index (κ2) is 15.6. The van der Waals surface area contributed by atoms with E-state index in [-0.39, 0.29) is 35.4 Å². The van der Waals surface area contributed by atoms with E-state index in [0.29, 0.717) is 17.3 Å². The number of amides is 2. The van der Waals surface area contributed by atoms with Gasteiger partial charge in [-0.3, -0.25) is 13.9 Å². The number of sulfonamides is 1. The van der Waals surface area contributed by atoms with Crippen LogP contribution in [0.4, 0.5) is 5.69 Å². The largest absolute Gasteiger partial charge is 0.497 e. The molecule has 0 aliphatic heterocycles. The van der Waals surface area contributed by atoms with Crippen molar-refractivity contribution in [1.82, 2.24) is 10.2 Å². The maximum absolute atomic E-state index is 14.5. The van der Waals surface area contributed by atoms with E-state index in [1.165, 1.54) is 24.1 Å². The van der Waals surface area contributed by atoms with E-state index in [0.717, 1.165) is 15.4 Å². The van der Waals surface area contributed by atoms with E-state index in [2.05, 4.69) is 5.32 Å². The number of methoxy groups -OCH3 is 1. The van der Waals surface area contributed by atoms with Crippen LogP contribution in [0.25, 0.3) is 0 Å². The van der Waals surface area contributed by atoms with Gasteiger partial charge in [-0.15, -0.1) is 0 Å². The molecule has 0 aliphatic rings. The predicted octanol–water partition coefficient (Wildman–Crippen LogP) is 5.96. The molecule has 0 saturated carbocycles. The van der Waals surface area contributed by atoms with Crippen molar-refractivity contribution in [3.8, 4) is 5.75 Å². The molecule has 2 amide bonds. The summed E-state index contributed by atoms with van der Waals surface area (Å²) < 4.78 is 34.4. The minimum atomic E-state index is -4.18. The number of anilines is 1.